The minimum Gasteiger partial charge on any atom is -0.460 e. The standard InChI is InChI=1S/C29H40FN3O6/c1-28(2,3)38-24(34)12-11-23(25(31)35)33-16-19-14-17(7-9-21(19)26(33)36)13-18-15-20(30)8-10-22(18)32-27(37)39-29(4,5)6/h7,9,14-15,18,22-23H,8,10-13,16H2,1-6H3,(H2,31,35)(H,32,37)/t18-,22-,23-/m0/s1. The van der Waals surface area contributed by atoms with Crippen molar-refractivity contribution in [1.82, 2.24) is 10.2 Å². The lowest BCUT2D eigenvalue weighted by atomic mass is 9.84. The molecule has 0 saturated heterocycles. The number of primary amides is 1. The van der Waals surface area contributed by atoms with Crippen LogP contribution in [0.3, 0.4) is 0 Å². The van der Waals surface area contributed by atoms with E-state index in [1.807, 2.05) is 6.07 Å². The highest BCUT2D eigenvalue weighted by molar-refractivity contribution is 6.01. The van der Waals surface area contributed by atoms with Crippen LogP contribution in [0.4, 0.5) is 9.18 Å². The Morgan fingerprint density at radius 2 is 1.79 bits per heavy atom. The van der Waals surface area contributed by atoms with Gasteiger partial charge in [0.15, 0.2) is 0 Å². The Morgan fingerprint density at radius 3 is 2.41 bits per heavy atom. The maximum Gasteiger partial charge on any atom is 0.407 e. The minimum absolute atomic E-state index is 0.0537. The smallest absolute Gasteiger partial charge is 0.407 e. The number of halogens is 1. The zero-order chi connectivity index (χ0) is 29.1. The van der Waals surface area contributed by atoms with Crippen LogP contribution in [0.2, 0.25) is 0 Å². The molecule has 0 unspecified atom stereocenters. The molecule has 1 aliphatic heterocycles. The molecule has 39 heavy (non-hydrogen) atoms. The lowest BCUT2D eigenvalue weighted by molar-refractivity contribution is -0.155. The molecular weight excluding hydrogens is 505 g/mol. The van der Waals surface area contributed by atoms with Crippen LogP contribution < -0.4 is 11.1 Å². The van der Waals surface area contributed by atoms with E-state index in [1.165, 1.54) is 11.0 Å². The topological polar surface area (TPSA) is 128 Å². The predicted octanol–water partition coefficient (Wildman–Crippen LogP) is 4.32. The van der Waals surface area contributed by atoms with Crippen LogP contribution in [-0.4, -0.2) is 52.1 Å². The fourth-order valence-electron chi connectivity index (χ4n) is 4.92. The third-order valence-corrected chi connectivity index (χ3v) is 6.53. The van der Waals surface area contributed by atoms with Gasteiger partial charge in [0.25, 0.3) is 5.91 Å². The Bertz CT molecular complexity index is 1150. The van der Waals surface area contributed by atoms with E-state index in [0.717, 1.165) is 11.1 Å². The molecule has 3 amide bonds. The Kier molecular flexibility index (Phi) is 9.08. The Hall–Kier alpha value is -3.43. The number of fused-ring (bicyclic) bond motifs is 1. The number of allylic oxidation sites excluding steroid dienone is 1. The first kappa shape index (κ1) is 30.1. The first-order valence-corrected chi connectivity index (χ1v) is 13.3. The molecule has 9 nitrogen and oxygen atoms in total. The number of rotatable bonds is 8. The molecule has 0 aromatic heterocycles. The first-order chi connectivity index (χ1) is 18.0. The minimum atomic E-state index is -0.960. The number of nitrogens with two attached hydrogens (primary N) is 1. The summed E-state index contributed by atoms with van der Waals surface area (Å²) in [6.45, 7) is 10.8. The van der Waals surface area contributed by atoms with E-state index >= 15 is 0 Å². The maximum absolute atomic E-state index is 14.2. The van der Waals surface area contributed by atoms with Crippen molar-refractivity contribution in [1.29, 1.82) is 0 Å². The number of nitrogens with one attached hydrogen (secondary N) is 1. The monoisotopic (exact) mass is 545 g/mol. The van der Waals surface area contributed by atoms with Gasteiger partial charge in [-0.2, -0.15) is 0 Å². The average Bonchev–Trinajstić information content (AvgIpc) is 3.08. The van der Waals surface area contributed by atoms with Gasteiger partial charge < -0.3 is 25.4 Å². The number of esters is 1. The summed E-state index contributed by atoms with van der Waals surface area (Å²) in [4.78, 5) is 51.3. The highest BCUT2D eigenvalue weighted by atomic mass is 19.1. The molecule has 1 aromatic carbocycles. The predicted molar refractivity (Wildman–Crippen MR) is 143 cm³/mol. The molecule has 0 bridgehead atoms. The summed E-state index contributed by atoms with van der Waals surface area (Å²) in [5.74, 6) is -2.03. The van der Waals surface area contributed by atoms with Crippen molar-refractivity contribution in [2.75, 3.05) is 0 Å². The number of carbonyl (C=O) groups is 4. The number of benzene rings is 1. The molecule has 214 valence electrons. The van der Waals surface area contributed by atoms with Crippen molar-refractivity contribution in [3.63, 3.8) is 0 Å². The van der Waals surface area contributed by atoms with Gasteiger partial charge in [0.05, 0.1) is 5.83 Å². The van der Waals surface area contributed by atoms with Crippen molar-refractivity contribution < 1.29 is 33.0 Å². The van der Waals surface area contributed by atoms with Crippen molar-refractivity contribution in [2.24, 2.45) is 11.7 Å². The highest BCUT2D eigenvalue weighted by Crippen LogP contribution is 2.31. The Morgan fingerprint density at radius 1 is 1.13 bits per heavy atom. The third kappa shape index (κ3) is 8.53. The van der Waals surface area contributed by atoms with Gasteiger partial charge in [0.2, 0.25) is 5.91 Å². The molecule has 3 rings (SSSR count). The average molecular weight is 546 g/mol. The Balaban J connectivity index is 1.71. The fraction of sp³-hybridized carbons (Fsp3) is 0.586. The summed E-state index contributed by atoms with van der Waals surface area (Å²) in [6, 6.07) is 4.09. The summed E-state index contributed by atoms with van der Waals surface area (Å²) < 4.78 is 24.9. The van der Waals surface area contributed by atoms with E-state index in [1.54, 1.807) is 53.7 Å². The van der Waals surface area contributed by atoms with Crippen LogP contribution in [0.25, 0.3) is 0 Å². The van der Waals surface area contributed by atoms with Gasteiger partial charge in [0, 0.05) is 36.9 Å². The van der Waals surface area contributed by atoms with Crippen LogP contribution in [-0.2, 0) is 32.0 Å². The van der Waals surface area contributed by atoms with Gasteiger partial charge in [-0.05, 0) is 84.1 Å². The molecule has 0 fully saturated rings. The van der Waals surface area contributed by atoms with E-state index in [-0.39, 0.29) is 49.5 Å². The molecule has 2 aliphatic rings. The largest absolute Gasteiger partial charge is 0.460 e. The zero-order valence-electron chi connectivity index (χ0n) is 23.6. The molecule has 1 heterocycles. The molecule has 0 spiro atoms. The van der Waals surface area contributed by atoms with Gasteiger partial charge >= 0.3 is 12.1 Å². The summed E-state index contributed by atoms with van der Waals surface area (Å²) in [5, 5.41) is 2.87. The van der Waals surface area contributed by atoms with Gasteiger partial charge in [0.1, 0.15) is 17.2 Å². The van der Waals surface area contributed by atoms with Crippen molar-refractivity contribution in [3.8, 4) is 0 Å². The van der Waals surface area contributed by atoms with Gasteiger partial charge in [-0.1, -0.05) is 12.1 Å². The number of hydrogen-bond acceptors (Lipinski definition) is 6. The van der Waals surface area contributed by atoms with Crippen LogP contribution >= 0.6 is 0 Å². The SMILES string of the molecule is CC(C)(C)OC(=O)CC[C@@H](C(N)=O)N1Cc2cc(C[C@H]3C=C(F)CC[C@@H]3NC(=O)OC(C)(C)C)ccc2C1=O. The summed E-state index contributed by atoms with van der Waals surface area (Å²) in [6.07, 6.45) is 2.11. The van der Waals surface area contributed by atoms with Gasteiger partial charge in [-0.25, -0.2) is 9.18 Å². The number of alkyl carbamates (subject to hydrolysis) is 1. The number of carbonyl (C=O) groups excluding carboxylic acids is 4. The molecule has 0 saturated carbocycles. The number of ether oxygens (including phenoxy) is 2. The zero-order valence-corrected chi connectivity index (χ0v) is 23.6. The highest BCUT2D eigenvalue weighted by Gasteiger charge is 2.36. The second kappa shape index (κ2) is 11.8. The lowest BCUT2D eigenvalue weighted by Gasteiger charge is -2.30. The van der Waals surface area contributed by atoms with Crippen molar-refractivity contribution in [3.05, 3.63) is 46.8 Å². The lowest BCUT2D eigenvalue weighted by Crippen LogP contribution is -2.45. The molecular formula is C29H40FN3O6. The fourth-order valence-corrected chi connectivity index (χ4v) is 4.92. The maximum atomic E-state index is 14.2. The molecule has 10 heteroatoms. The molecule has 3 atom stereocenters. The molecule has 1 aliphatic carbocycles. The van der Waals surface area contributed by atoms with E-state index in [9.17, 15) is 23.6 Å². The molecule has 1 aromatic rings. The third-order valence-electron chi connectivity index (χ3n) is 6.53. The second-order valence-corrected chi connectivity index (χ2v) is 12.2. The summed E-state index contributed by atoms with van der Waals surface area (Å²) in [7, 11) is 0. The second-order valence-electron chi connectivity index (χ2n) is 12.2. The number of hydrogen-bond donors (Lipinski definition) is 2. The Labute approximate surface area is 229 Å². The van der Waals surface area contributed by atoms with Crippen molar-refractivity contribution >= 4 is 23.9 Å². The first-order valence-electron chi connectivity index (χ1n) is 13.3. The van der Waals surface area contributed by atoms with Crippen molar-refractivity contribution in [2.45, 2.75) is 103 Å². The van der Waals surface area contributed by atoms with E-state index in [0.29, 0.717) is 18.4 Å². The summed E-state index contributed by atoms with van der Waals surface area (Å²) >= 11 is 0. The van der Waals surface area contributed by atoms with Gasteiger partial charge in [-0.3, -0.25) is 14.4 Å². The van der Waals surface area contributed by atoms with E-state index < -0.39 is 35.2 Å². The van der Waals surface area contributed by atoms with Crippen LogP contribution in [0, 0.1) is 5.92 Å². The quantitative estimate of drug-likeness (QED) is 0.469. The van der Waals surface area contributed by atoms with Crippen LogP contribution in [0.5, 0.6) is 0 Å². The van der Waals surface area contributed by atoms with Crippen LogP contribution in [0.15, 0.2) is 30.1 Å². The van der Waals surface area contributed by atoms with E-state index in [4.69, 9.17) is 15.2 Å². The summed E-state index contributed by atoms with van der Waals surface area (Å²) in [5.41, 5.74) is 6.34. The molecule has 3 N–H and O–H groups in total. The normalized spacial score (nSPS) is 20.1. The van der Waals surface area contributed by atoms with Gasteiger partial charge in [-0.15, -0.1) is 0 Å². The molecule has 0 radical (unpaired) electrons. The number of amides is 3. The van der Waals surface area contributed by atoms with Crippen LogP contribution in [0.1, 0.15) is 88.7 Å². The van der Waals surface area contributed by atoms with E-state index in [2.05, 4.69) is 5.32 Å². The number of nitrogens with zero attached hydrogens (tertiary/aromatic N) is 1.